The van der Waals surface area contributed by atoms with Crippen LogP contribution in [0.1, 0.15) is 32.1 Å². The fraction of sp³-hybridized carbons (Fsp3) is 0.647. The maximum atomic E-state index is 12.4. The second kappa shape index (κ2) is 9.25. The van der Waals surface area contributed by atoms with E-state index in [1.54, 1.807) is 6.07 Å². The number of nitrogens with zero attached hydrogens (tertiary/aromatic N) is 1. The molecule has 1 aromatic rings. The normalized spacial score (nSPS) is 16.6. The lowest BCUT2D eigenvalue weighted by atomic mass is 10.2. The van der Waals surface area contributed by atoms with Crippen LogP contribution in [0.2, 0.25) is 0 Å². The zero-order valence-corrected chi connectivity index (χ0v) is 15.4. The zero-order chi connectivity index (χ0) is 17.4. The highest BCUT2D eigenvalue weighted by molar-refractivity contribution is 7.89. The van der Waals surface area contributed by atoms with Gasteiger partial charge in [0.25, 0.3) is 0 Å². The van der Waals surface area contributed by atoms with E-state index in [1.165, 1.54) is 52.0 Å². The Kier molecular flexibility index (Phi) is 7.33. The van der Waals surface area contributed by atoms with Crippen molar-refractivity contribution in [2.24, 2.45) is 0 Å². The molecule has 0 unspecified atom stereocenters. The van der Waals surface area contributed by atoms with Crippen molar-refractivity contribution < 1.29 is 17.9 Å². The Bertz CT molecular complexity index is 611. The SMILES string of the molecule is COc1ccc(S(=O)(=O)NCCCN2CCCCCC2)cc1OC. The number of hydrogen-bond donors (Lipinski definition) is 1. The summed E-state index contributed by atoms with van der Waals surface area (Å²) in [6.07, 6.45) is 5.92. The maximum absolute atomic E-state index is 12.4. The molecule has 0 aliphatic carbocycles. The van der Waals surface area contributed by atoms with Gasteiger partial charge in [0.05, 0.1) is 19.1 Å². The molecular formula is C17H28N2O4S. The number of benzene rings is 1. The summed E-state index contributed by atoms with van der Waals surface area (Å²) in [5, 5.41) is 0. The molecule has 0 bridgehead atoms. The van der Waals surface area contributed by atoms with Crippen LogP contribution in [0.4, 0.5) is 0 Å². The number of methoxy groups -OCH3 is 2. The predicted molar refractivity (Wildman–Crippen MR) is 94.3 cm³/mol. The van der Waals surface area contributed by atoms with Crippen molar-refractivity contribution in [3.8, 4) is 11.5 Å². The molecule has 6 nitrogen and oxygen atoms in total. The number of ether oxygens (including phenoxy) is 2. The van der Waals surface area contributed by atoms with Gasteiger partial charge >= 0.3 is 0 Å². The first-order valence-corrected chi connectivity index (χ1v) is 9.99. The van der Waals surface area contributed by atoms with Gasteiger partial charge in [-0.15, -0.1) is 0 Å². The molecular weight excluding hydrogens is 328 g/mol. The van der Waals surface area contributed by atoms with Crippen LogP contribution in [0.5, 0.6) is 11.5 Å². The van der Waals surface area contributed by atoms with Gasteiger partial charge in [0, 0.05) is 12.6 Å². The third kappa shape index (κ3) is 5.36. The van der Waals surface area contributed by atoms with Crippen LogP contribution in [-0.4, -0.2) is 53.7 Å². The molecule has 0 aromatic heterocycles. The minimum Gasteiger partial charge on any atom is -0.493 e. The van der Waals surface area contributed by atoms with Gasteiger partial charge in [-0.25, -0.2) is 13.1 Å². The lowest BCUT2D eigenvalue weighted by Crippen LogP contribution is -2.30. The smallest absolute Gasteiger partial charge is 0.240 e. The molecule has 0 spiro atoms. The van der Waals surface area contributed by atoms with E-state index >= 15 is 0 Å². The van der Waals surface area contributed by atoms with Crippen LogP contribution in [0, 0.1) is 0 Å². The number of nitrogens with one attached hydrogen (secondary N) is 1. The first-order valence-electron chi connectivity index (χ1n) is 8.51. The second-order valence-corrected chi connectivity index (χ2v) is 7.79. The van der Waals surface area contributed by atoms with Crippen LogP contribution in [-0.2, 0) is 10.0 Å². The van der Waals surface area contributed by atoms with Crippen molar-refractivity contribution in [3.05, 3.63) is 18.2 Å². The van der Waals surface area contributed by atoms with Gasteiger partial charge in [-0.05, 0) is 51.0 Å². The average molecular weight is 356 g/mol. The molecule has 1 aliphatic heterocycles. The molecule has 2 rings (SSSR count). The van der Waals surface area contributed by atoms with E-state index in [9.17, 15) is 8.42 Å². The van der Waals surface area contributed by atoms with Crippen LogP contribution in [0.25, 0.3) is 0 Å². The van der Waals surface area contributed by atoms with Crippen molar-refractivity contribution in [1.82, 2.24) is 9.62 Å². The summed E-state index contributed by atoms with van der Waals surface area (Å²) in [5.41, 5.74) is 0. The lowest BCUT2D eigenvalue weighted by molar-refractivity contribution is 0.282. The Morgan fingerprint density at radius 3 is 2.33 bits per heavy atom. The number of rotatable bonds is 8. The van der Waals surface area contributed by atoms with E-state index in [2.05, 4.69) is 9.62 Å². The number of hydrogen-bond acceptors (Lipinski definition) is 5. The maximum Gasteiger partial charge on any atom is 0.240 e. The fourth-order valence-electron chi connectivity index (χ4n) is 2.94. The Morgan fingerprint density at radius 1 is 1.04 bits per heavy atom. The van der Waals surface area contributed by atoms with E-state index in [1.807, 2.05) is 0 Å². The Hall–Kier alpha value is -1.31. The minimum atomic E-state index is -3.53. The molecule has 0 amide bonds. The standard InChI is InChI=1S/C17H28N2O4S/c1-22-16-9-8-15(14-17(16)23-2)24(20,21)18-10-7-13-19-11-5-3-4-6-12-19/h8-9,14,18H,3-7,10-13H2,1-2H3. The molecule has 136 valence electrons. The Morgan fingerprint density at radius 2 is 1.71 bits per heavy atom. The van der Waals surface area contributed by atoms with Crippen molar-refractivity contribution >= 4 is 10.0 Å². The summed E-state index contributed by atoms with van der Waals surface area (Å²) >= 11 is 0. The lowest BCUT2D eigenvalue weighted by Gasteiger charge is -2.19. The van der Waals surface area contributed by atoms with Crippen LogP contribution < -0.4 is 14.2 Å². The van der Waals surface area contributed by atoms with Crippen molar-refractivity contribution in [3.63, 3.8) is 0 Å². The molecule has 0 radical (unpaired) electrons. The zero-order valence-electron chi connectivity index (χ0n) is 14.6. The van der Waals surface area contributed by atoms with E-state index < -0.39 is 10.0 Å². The molecule has 0 atom stereocenters. The van der Waals surface area contributed by atoms with Gasteiger partial charge in [-0.1, -0.05) is 12.8 Å². The number of likely N-dealkylation sites (tertiary alicyclic amines) is 1. The first-order chi connectivity index (χ1) is 11.6. The molecule has 1 saturated heterocycles. The summed E-state index contributed by atoms with van der Waals surface area (Å²) in [6, 6.07) is 4.61. The topological polar surface area (TPSA) is 67.9 Å². The highest BCUT2D eigenvalue weighted by Crippen LogP contribution is 2.29. The van der Waals surface area contributed by atoms with E-state index in [0.717, 1.165) is 26.1 Å². The predicted octanol–water partition coefficient (Wildman–Crippen LogP) is 2.25. The second-order valence-electron chi connectivity index (χ2n) is 6.02. The third-order valence-corrected chi connectivity index (χ3v) is 5.77. The molecule has 1 aromatic carbocycles. The molecule has 24 heavy (non-hydrogen) atoms. The quantitative estimate of drug-likeness (QED) is 0.724. The van der Waals surface area contributed by atoms with Gasteiger partial charge in [-0.2, -0.15) is 0 Å². The van der Waals surface area contributed by atoms with Crippen molar-refractivity contribution in [1.29, 1.82) is 0 Å². The van der Waals surface area contributed by atoms with Gasteiger partial charge in [0.15, 0.2) is 11.5 Å². The van der Waals surface area contributed by atoms with Gasteiger partial charge in [-0.3, -0.25) is 0 Å². The average Bonchev–Trinajstić information content (AvgIpc) is 2.87. The largest absolute Gasteiger partial charge is 0.493 e. The molecule has 0 saturated carbocycles. The summed E-state index contributed by atoms with van der Waals surface area (Å²) in [7, 11) is -0.522. The number of sulfonamides is 1. The molecule has 1 fully saturated rings. The Balaban J connectivity index is 1.86. The molecule has 7 heteroatoms. The van der Waals surface area contributed by atoms with Crippen LogP contribution in [0.15, 0.2) is 23.1 Å². The summed E-state index contributed by atoms with van der Waals surface area (Å²) in [6.45, 7) is 3.63. The molecule has 1 aliphatic rings. The van der Waals surface area contributed by atoms with E-state index in [4.69, 9.17) is 9.47 Å². The van der Waals surface area contributed by atoms with Crippen LogP contribution >= 0.6 is 0 Å². The fourth-order valence-corrected chi connectivity index (χ4v) is 4.03. The Labute approximate surface area is 145 Å². The highest BCUT2D eigenvalue weighted by Gasteiger charge is 2.17. The van der Waals surface area contributed by atoms with Crippen molar-refractivity contribution in [2.45, 2.75) is 37.0 Å². The van der Waals surface area contributed by atoms with Crippen molar-refractivity contribution in [2.75, 3.05) is 40.4 Å². The molecule has 1 heterocycles. The monoisotopic (exact) mass is 356 g/mol. The summed E-state index contributed by atoms with van der Waals surface area (Å²) in [4.78, 5) is 2.62. The highest BCUT2D eigenvalue weighted by atomic mass is 32.2. The van der Waals surface area contributed by atoms with E-state index in [-0.39, 0.29) is 4.90 Å². The van der Waals surface area contributed by atoms with E-state index in [0.29, 0.717) is 18.0 Å². The van der Waals surface area contributed by atoms with Gasteiger partial charge in [0.2, 0.25) is 10.0 Å². The summed E-state index contributed by atoms with van der Waals surface area (Å²) in [5.74, 6) is 0.919. The third-order valence-electron chi connectivity index (χ3n) is 4.31. The van der Waals surface area contributed by atoms with Gasteiger partial charge < -0.3 is 14.4 Å². The first kappa shape index (κ1) is 19.0. The minimum absolute atomic E-state index is 0.190. The van der Waals surface area contributed by atoms with Gasteiger partial charge in [0.1, 0.15) is 0 Å². The van der Waals surface area contributed by atoms with Crippen LogP contribution in [0.3, 0.4) is 0 Å². The summed E-state index contributed by atoms with van der Waals surface area (Å²) < 4.78 is 37.7. The molecule has 1 N–H and O–H groups in total.